The third-order valence-electron chi connectivity index (χ3n) is 12.6. The minimum Gasteiger partial charge on any atom is -0.256 e. The molecule has 0 fully saturated rings. The summed E-state index contributed by atoms with van der Waals surface area (Å²) >= 11 is 0. The Labute approximate surface area is 393 Å². The predicted molar refractivity (Wildman–Crippen MR) is 275 cm³/mol. The largest absolute Gasteiger partial charge is 0.256 e. The standard InChI is InChI=1S/C63H48N4/c1-44-34-37-67-63(38-44)55-32-33-59(60(42-55)52-30-28-51(29-31-52)50-22-20-47(43-64)21-23-50)58-9-3-2-8-57(58)56-40-48(14-12-45-16-24-53(25-17-45)61-10-4-6-35-65-61)39-49(41-56)15-13-46-18-26-54(27-19-46)62-11-5-7-36-66-62/h2-11,16-42H,12-15H2,1H3. The molecule has 0 spiro atoms. The molecule has 4 nitrogen and oxygen atoms in total. The summed E-state index contributed by atoms with van der Waals surface area (Å²) in [6, 6.07) is 75.7. The highest BCUT2D eigenvalue weighted by Crippen LogP contribution is 2.41. The molecule has 0 N–H and O–H groups in total. The molecule has 0 aliphatic heterocycles. The maximum absolute atomic E-state index is 9.37. The van der Waals surface area contributed by atoms with Crippen molar-refractivity contribution in [2.75, 3.05) is 0 Å². The summed E-state index contributed by atoms with van der Waals surface area (Å²) < 4.78 is 0. The maximum Gasteiger partial charge on any atom is 0.0991 e. The minimum absolute atomic E-state index is 0.654. The Morgan fingerprint density at radius 1 is 0.328 bits per heavy atom. The van der Waals surface area contributed by atoms with E-state index >= 15 is 0 Å². The molecule has 0 aliphatic rings. The first-order chi connectivity index (χ1) is 33.0. The van der Waals surface area contributed by atoms with Crippen LogP contribution in [0.3, 0.4) is 0 Å². The first-order valence-electron chi connectivity index (χ1n) is 22.9. The second-order valence-electron chi connectivity index (χ2n) is 17.2. The van der Waals surface area contributed by atoms with Gasteiger partial charge in [-0.15, -0.1) is 0 Å². The summed E-state index contributed by atoms with van der Waals surface area (Å²) in [5.74, 6) is 0. The molecule has 3 heterocycles. The van der Waals surface area contributed by atoms with Crippen LogP contribution in [0, 0.1) is 18.3 Å². The van der Waals surface area contributed by atoms with Crippen molar-refractivity contribution >= 4 is 0 Å². The van der Waals surface area contributed by atoms with Gasteiger partial charge in [0.15, 0.2) is 0 Å². The average molecular weight is 861 g/mol. The van der Waals surface area contributed by atoms with Gasteiger partial charge in [0.05, 0.1) is 28.7 Å². The van der Waals surface area contributed by atoms with Gasteiger partial charge in [0.1, 0.15) is 0 Å². The first-order valence-corrected chi connectivity index (χ1v) is 22.9. The van der Waals surface area contributed by atoms with Crippen molar-refractivity contribution in [1.29, 1.82) is 5.26 Å². The molecular weight excluding hydrogens is 813 g/mol. The number of benzene rings is 7. The van der Waals surface area contributed by atoms with Crippen molar-refractivity contribution in [2.24, 2.45) is 0 Å². The molecule has 67 heavy (non-hydrogen) atoms. The Hall–Kier alpha value is -8.52. The maximum atomic E-state index is 9.37. The Kier molecular flexibility index (Phi) is 12.5. The second-order valence-corrected chi connectivity index (χ2v) is 17.2. The van der Waals surface area contributed by atoms with Crippen molar-refractivity contribution in [1.82, 2.24) is 15.0 Å². The van der Waals surface area contributed by atoms with Gasteiger partial charge in [-0.25, -0.2) is 0 Å². The fourth-order valence-electron chi connectivity index (χ4n) is 8.96. The normalized spacial score (nSPS) is 11.0. The second kappa shape index (κ2) is 19.7. The van der Waals surface area contributed by atoms with Crippen LogP contribution in [0.4, 0.5) is 0 Å². The van der Waals surface area contributed by atoms with Crippen molar-refractivity contribution in [2.45, 2.75) is 32.6 Å². The lowest BCUT2D eigenvalue weighted by Gasteiger charge is -2.18. The third kappa shape index (κ3) is 9.93. The van der Waals surface area contributed by atoms with Crippen LogP contribution in [0.15, 0.2) is 225 Å². The summed E-state index contributed by atoms with van der Waals surface area (Å²) in [6.45, 7) is 2.11. The van der Waals surface area contributed by atoms with Gasteiger partial charge in [-0.2, -0.15) is 5.26 Å². The number of aromatic nitrogens is 3. The van der Waals surface area contributed by atoms with E-state index in [1.54, 1.807) is 0 Å². The number of aryl methyl sites for hydroxylation is 5. The van der Waals surface area contributed by atoms with Gasteiger partial charge in [-0.05, 0) is 160 Å². The lowest BCUT2D eigenvalue weighted by molar-refractivity contribution is 0.931. The molecule has 0 amide bonds. The Bertz CT molecular complexity index is 3210. The number of pyridine rings is 3. The zero-order chi connectivity index (χ0) is 45.4. The van der Waals surface area contributed by atoms with Gasteiger partial charge in [0, 0.05) is 35.3 Å². The molecule has 320 valence electrons. The van der Waals surface area contributed by atoms with Gasteiger partial charge in [-0.1, -0.05) is 152 Å². The number of rotatable bonds is 13. The molecule has 0 saturated heterocycles. The summed E-state index contributed by atoms with van der Waals surface area (Å²) in [4.78, 5) is 13.9. The van der Waals surface area contributed by atoms with Crippen molar-refractivity contribution < 1.29 is 0 Å². The highest BCUT2D eigenvalue weighted by molar-refractivity contribution is 5.94. The fourth-order valence-corrected chi connectivity index (χ4v) is 8.96. The molecule has 4 heteroatoms. The van der Waals surface area contributed by atoms with Gasteiger partial charge >= 0.3 is 0 Å². The Morgan fingerprint density at radius 3 is 1.36 bits per heavy atom. The molecule has 7 aromatic carbocycles. The first kappa shape index (κ1) is 42.4. The van der Waals surface area contributed by atoms with E-state index < -0.39 is 0 Å². The van der Waals surface area contributed by atoms with Crippen LogP contribution in [-0.2, 0) is 25.7 Å². The lowest BCUT2D eigenvalue weighted by Crippen LogP contribution is -1.98. The summed E-state index contributed by atoms with van der Waals surface area (Å²) in [5, 5.41) is 9.37. The molecule has 0 unspecified atom stereocenters. The van der Waals surface area contributed by atoms with Gasteiger partial charge in [0.25, 0.3) is 0 Å². The van der Waals surface area contributed by atoms with E-state index in [1.165, 1.54) is 44.5 Å². The van der Waals surface area contributed by atoms with Crippen LogP contribution in [-0.4, -0.2) is 15.0 Å². The molecule has 0 aliphatic carbocycles. The van der Waals surface area contributed by atoms with Gasteiger partial charge in [0.2, 0.25) is 0 Å². The van der Waals surface area contributed by atoms with E-state index in [1.807, 2.05) is 73.2 Å². The van der Waals surface area contributed by atoms with Crippen molar-refractivity contribution in [3.63, 3.8) is 0 Å². The average Bonchev–Trinajstić information content (AvgIpc) is 3.40. The van der Waals surface area contributed by atoms with Crippen LogP contribution in [0.5, 0.6) is 0 Å². The molecule has 0 saturated carbocycles. The smallest absolute Gasteiger partial charge is 0.0991 e. The predicted octanol–water partition coefficient (Wildman–Crippen LogP) is 15.3. The molecule has 3 aromatic heterocycles. The number of hydrogen-bond acceptors (Lipinski definition) is 4. The zero-order valence-electron chi connectivity index (χ0n) is 37.5. The Balaban J connectivity index is 1.02. The third-order valence-corrected chi connectivity index (χ3v) is 12.6. The lowest BCUT2D eigenvalue weighted by atomic mass is 9.86. The molecule has 0 bridgehead atoms. The van der Waals surface area contributed by atoms with Crippen LogP contribution < -0.4 is 0 Å². The van der Waals surface area contributed by atoms with E-state index in [0.29, 0.717) is 5.56 Å². The zero-order valence-corrected chi connectivity index (χ0v) is 37.5. The molecule has 0 atom stereocenters. The van der Waals surface area contributed by atoms with Crippen LogP contribution in [0.2, 0.25) is 0 Å². The quantitative estimate of drug-likeness (QED) is 0.116. The number of nitrogens with zero attached hydrogens (tertiary/aromatic N) is 4. The fraction of sp³-hybridized carbons (Fsp3) is 0.0794. The van der Waals surface area contributed by atoms with Crippen molar-refractivity contribution in [3.05, 3.63) is 258 Å². The van der Waals surface area contributed by atoms with Crippen LogP contribution in [0.25, 0.3) is 78.3 Å². The highest BCUT2D eigenvalue weighted by atomic mass is 14.7. The highest BCUT2D eigenvalue weighted by Gasteiger charge is 2.17. The van der Waals surface area contributed by atoms with Gasteiger partial charge < -0.3 is 0 Å². The van der Waals surface area contributed by atoms with E-state index in [-0.39, 0.29) is 0 Å². The summed E-state index contributed by atoms with van der Waals surface area (Å²) in [6.07, 6.45) is 9.27. The molecule has 0 radical (unpaired) electrons. The Morgan fingerprint density at radius 2 is 0.806 bits per heavy atom. The van der Waals surface area contributed by atoms with E-state index in [4.69, 9.17) is 4.98 Å². The summed E-state index contributed by atoms with van der Waals surface area (Å²) in [5.41, 5.74) is 22.5. The molecule has 10 aromatic rings. The van der Waals surface area contributed by atoms with E-state index in [9.17, 15) is 5.26 Å². The van der Waals surface area contributed by atoms with E-state index in [2.05, 4.69) is 175 Å². The SMILES string of the molecule is Cc1ccnc(-c2ccc(-c3ccccc3-c3cc(CCc4ccc(-c5ccccn5)cc4)cc(CCc4ccc(-c5ccccn5)cc4)c3)c(-c3ccc(-c4ccc(C#N)cc4)cc3)c2)c1. The number of nitriles is 1. The molecule has 10 rings (SSSR count). The minimum atomic E-state index is 0.654. The number of hydrogen-bond donors (Lipinski definition) is 0. The van der Waals surface area contributed by atoms with Crippen molar-refractivity contribution in [3.8, 4) is 84.3 Å². The van der Waals surface area contributed by atoms with Crippen LogP contribution in [0.1, 0.15) is 33.4 Å². The topological polar surface area (TPSA) is 62.5 Å². The van der Waals surface area contributed by atoms with E-state index in [0.717, 1.165) is 87.3 Å². The van der Waals surface area contributed by atoms with Gasteiger partial charge in [-0.3, -0.25) is 15.0 Å². The monoisotopic (exact) mass is 860 g/mol. The summed E-state index contributed by atoms with van der Waals surface area (Å²) in [7, 11) is 0. The van der Waals surface area contributed by atoms with Crippen LogP contribution >= 0.6 is 0 Å². The molecular formula is C63H48N4.